The van der Waals surface area contributed by atoms with Crippen molar-refractivity contribution >= 4 is 5.78 Å². The standard InChI is InChI=1S/C9H14O4/c1-11-8-4-7(10)5-9(6-8,12-2)13-3/h6H,4-5H2,1-3H3. The van der Waals surface area contributed by atoms with Gasteiger partial charge in [0.1, 0.15) is 11.5 Å². The Labute approximate surface area is 77.5 Å². The summed E-state index contributed by atoms with van der Waals surface area (Å²) in [7, 11) is 4.54. The van der Waals surface area contributed by atoms with Gasteiger partial charge in [0, 0.05) is 20.3 Å². The third kappa shape index (κ3) is 2.08. The van der Waals surface area contributed by atoms with Crippen LogP contribution in [-0.4, -0.2) is 32.9 Å². The Morgan fingerprint density at radius 2 is 1.92 bits per heavy atom. The Hall–Kier alpha value is -0.870. The number of carbonyl (C=O) groups excluding carboxylic acids is 1. The summed E-state index contributed by atoms with van der Waals surface area (Å²) in [4.78, 5) is 11.3. The zero-order valence-corrected chi connectivity index (χ0v) is 8.12. The topological polar surface area (TPSA) is 44.8 Å². The molecule has 0 saturated heterocycles. The van der Waals surface area contributed by atoms with Crippen LogP contribution in [0.2, 0.25) is 0 Å². The van der Waals surface area contributed by atoms with Gasteiger partial charge >= 0.3 is 0 Å². The lowest BCUT2D eigenvalue weighted by Crippen LogP contribution is -2.37. The first-order valence-electron chi connectivity index (χ1n) is 4.03. The molecule has 0 unspecified atom stereocenters. The van der Waals surface area contributed by atoms with Crippen LogP contribution in [0, 0.1) is 0 Å². The van der Waals surface area contributed by atoms with Crippen molar-refractivity contribution in [1.82, 2.24) is 0 Å². The van der Waals surface area contributed by atoms with Crippen molar-refractivity contribution in [3.05, 3.63) is 11.8 Å². The number of carbonyl (C=O) groups is 1. The fourth-order valence-electron chi connectivity index (χ4n) is 1.36. The van der Waals surface area contributed by atoms with Crippen molar-refractivity contribution < 1.29 is 19.0 Å². The van der Waals surface area contributed by atoms with E-state index in [1.807, 2.05) is 0 Å². The van der Waals surface area contributed by atoms with Gasteiger partial charge in [0.25, 0.3) is 0 Å². The second-order valence-corrected chi connectivity index (χ2v) is 2.93. The number of ketones is 1. The monoisotopic (exact) mass is 186 g/mol. The van der Waals surface area contributed by atoms with E-state index >= 15 is 0 Å². The van der Waals surface area contributed by atoms with E-state index in [-0.39, 0.29) is 12.2 Å². The van der Waals surface area contributed by atoms with Gasteiger partial charge in [-0.2, -0.15) is 0 Å². The van der Waals surface area contributed by atoms with E-state index in [1.54, 1.807) is 6.08 Å². The molecule has 0 atom stereocenters. The first-order valence-corrected chi connectivity index (χ1v) is 4.03. The number of methoxy groups -OCH3 is 3. The average molecular weight is 186 g/mol. The van der Waals surface area contributed by atoms with Crippen LogP contribution in [0.3, 0.4) is 0 Å². The zero-order chi connectivity index (χ0) is 9.90. The lowest BCUT2D eigenvalue weighted by molar-refractivity contribution is -0.182. The molecule has 1 aliphatic carbocycles. The molecule has 0 aromatic heterocycles. The number of rotatable bonds is 3. The van der Waals surface area contributed by atoms with Crippen molar-refractivity contribution in [2.45, 2.75) is 18.6 Å². The maximum atomic E-state index is 11.3. The van der Waals surface area contributed by atoms with Crippen LogP contribution in [0.5, 0.6) is 0 Å². The first-order chi connectivity index (χ1) is 6.15. The van der Waals surface area contributed by atoms with Crippen molar-refractivity contribution in [1.29, 1.82) is 0 Å². The molecule has 1 rings (SSSR count). The molecule has 0 heterocycles. The highest BCUT2D eigenvalue weighted by Crippen LogP contribution is 2.27. The zero-order valence-electron chi connectivity index (χ0n) is 8.12. The fourth-order valence-corrected chi connectivity index (χ4v) is 1.36. The van der Waals surface area contributed by atoms with E-state index < -0.39 is 5.79 Å². The summed E-state index contributed by atoms with van der Waals surface area (Å²) in [6, 6.07) is 0. The van der Waals surface area contributed by atoms with Crippen LogP contribution in [0.25, 0.3) is 0 Å². The molecule has 13 heavy (non-hydrogen) atoms. The third-order valence-electron chi connectivity index (χ3n) is 2.15. The molecule has 4 heteroatoms. The smallest absolute Gasteiger partial charge is 0.197 e. The predicted octanol–water partition coefficient (Wildman–Crippen LogP) is 0.869. The van der Waals surface area contributed by atoms with Crippen molar-refractivity contribution in [2.24, 2.45) is 0 Å². The molecule has 0 spiro atoms. The lowest BCUT2D eigenvalue weighted by atomic mass is 9.98. The average Bonchev–Trinajstić information content (AvgIpc) is 2.16. The van der Waals surface area contributed by atoms with E-state index in [2.05, 4.69) is 0 Å². The van der Waals surface area contributed by atoms with E-state index in [0.29, 0.717) is 12.2 Å². The van der Waals surface area contributed by atoms with Crippen LogP contribution in [0.4, 0.5) is 0 Å². The Balaban J connectivity index is 2.90. The SMILES string of the molecule is COC1=CC(OC)(OC)CC(=O)C1. The maximum absolute atomic E-state index is 11.3. The number of allylic oxidation sites excluding steroid dienone is 1. The van der Waals surface area contributed by atoms with Crippen molar-refractivity contribution in [3.63, 3.8) is 0 Å². The molecule has 1 aliphatic rings. The molecule has 0 aromatic carbocycles. The number of hydrogen-bond acceptors (Lipinski definition) is 4. The summed E-state index contributed by atoms with van der Waals surface area (Å²) in [5.74, 6) is -0.274. The number of ether oxygens (including phenoxy) is 3. The minimum atomic E-state index is -0.930. The summed E-state index contributed by atoms with van der Waals surface area (Å²) in [6.07, 6.45) is 2.27. The Kier molecular flexibility index (Phi) is 3.06. The van der Waals surface area contributed by atoms with E-state index in [0.717, 1.165) is 0 Å². The van der Waals surface area contributed by atoms with Gasteiger partial charge in [0.2, 0.25) is 0 Å². The van der Waals surface area contributed by atoms with Crippen molar-refractivity contribution in [3.8, 4) is 0 Å². The molecule has 0 amide bonds. The van der Waals surface area contributed by atoms with Crippen LogP contribution < -0.4 is 0 Å². The molecule has 0 radical (unpaired) electrons. The number of hydrogen-bond donors (Lipinski definition) is 0. The molecule has 0 saturated carbocycles. The second-order valence-electron chi connectivity index (χ2n) is 2.93. The van der Waals surface area contributed by atoms with Crippen molar-refractivity contribution in [2.75, 3.05) is 21.3 Å². The third-order valence-corrected chi connectivity index (χ3v) is 2.15. The minimum Gasteiger partial charge on any atom is -0.501 e. The van der Waals surface area contributed by atoms with Gasteiger partial charge in [-0.3, -0.25) is 4.79 Å². The summed E-state index contributed by atoms with van der Waals surface area (Å²) in [5.41, 5.74) is 0. The summed E-state index contributed by atoms with van der Waals surface area (Å²) in [5, 5.41) is 0. The normalized spacial score (nSPS) is 21.2. The highest BCUT2D eigenvalue weighted by atomic mass is 16.7. The molecule has 0 bridgehead atoms. The van der Waals surface area contributed by atoms with Gasteiger partial charge in [-0.15, -0.1) is 0 Å². The molecule has 74 valence electrons. The van der Waals surface area contributed by atoms with Gasteiger partial charge in [-0.25, -0.2) is 0 Å². The van der Waals surface area contributed by atoms with Crippen LogP contribution in [-0.2, 0) is 19.0 Å². The summed E-state index contributed by atoms with van der Waals surface area (Å²) < 4.78 is 15.3. The molecule has 0 aromatic rings. The molecule has 0 fully saturated rings. The van der Waals surface area contributed by atoms with E-state index in [1.165, 1.54) is 21.3 Å². The summed E-state index contributed by atoms with van der Waals surface area (Å²) >= 11 is 0. The highest BCUT2D eigenvalue weighted by Gasteiger charge is 2.35. The minimum absolute atomic E-state index is 0.0584. The largest absolute Gasteiger partial charge is 0.501 e. The molecule has 0 N–H and O–H groups in total. The Morgan fingerprint density at radius 3 is 2.38 bits per heavy atom. The maximum Gasteiger partial charge on any atom is 0.197 e. The fraction of sp³-hybridized carbons (Fsp3) is 0.667. The van der Waals surface area contributed by atoms with Crippen LogP contribution in [0.15, 0.2) is 11.8 Å². The van der Waals surface area contributed by atoms with Gasteiger partial charge in [0.05, 0.1) is 20.0 Å². The Morgan fingerprint density at radius 1 is 1.31 bits per heavy atom. The molecular weight excluding hydrogens is 172 g/mol. The predicted molar refractivity (Wildman–Crippen MR) is 46.1 cm³/mol. The van der Waals surface area contributed by atoms with Gasteiger partial charge < -0.3 is 14.2 Å². The Bertz CT molecular complexity index is 228. The van der Waals surface area contributed by atoms with Gasteiger partial charge in [-0.05, 0) is 0 Å². The van der Waals surface area contributed by atoms with E-state index in [9.17, 15) is 4.79 Å². The van der Waals surface area contributed by atoms with Gasteiger partial charge in [-0.1, -0.05) is 0 Å². The second kappa shape index (κ2) is 3.89. The highest BCUT2D eigenvalue weighted by molar-refractivity contribution is 5.83. The number of Topliss-reactive ketones (excluding diaryl/α,β-unsaturated/α-hetero) is 1. The van der Waals surface area contributed by atoms with E-state index in [4.69, 9.17) is 14.2 Å². The van der Waals surface area contributed by atoms with Gasteiger partial charge in [0.15, 0.2) is 5.79 Å². The quantitative estimate of drug-likeness (QED) is 0.613. The first kappa shape index (κ1) is 10.2. The molecular formula is C9H14O4. The summed E-state index contributed by atoms with van der Waals surface area (Å²) in [6.45, 7) is 0. The lowest BCUT2D eigenvalue weighted by Gasteiger charge is -2.30. The molecule has 0 aliphatic heterocycles. The van der Waals surface area contributed by atoms with Crippen LogP contribution in [0.1, 0.15) is 12.8 Å². The molecule has 4 nitrogen and oxygen atoms in total. The van der Waals surface area contributed by atoms with Crippen LogP contribution >= 0.6 is 0 Å².